The first-order chi connectivity index (χ1) is 6.79. The summed E-state index contributed by atoms with van der Waals surface area (Å²) in [6, 6.07) is 1.95. The molecule has 0 aromatic carbocycles. The third-order valence-corrected chi connectivity index (χ3v) is 3.74. The summed E-state index contributed by atoms with van der Waals surface area (Å²) in [7, 11) is 0. The number of carboxylic acids is 1. The quantitative estimate of drug-likeness (QED) is 0.832. The highest BCUT2D eigenvalue weighted by molar-refractivity contribution is 7.08. The van der Waals surface area contributed by atoms with Crippen LogP contribution in [0.4, 0.5) is 0 Å². The van der Waals surface area contributed by atoms with Crippen LogP contribution in [0.3, 0.4) is 0 Å². The minimum atomic E-state index is -0.657. The first-order valence-corrected chi connectivity index (χ1v) is 5.98. The lowest BCUT2D eigenvalue weighted by molar-refractivity contribution is -0.140. The maximum Gasteiger partial charge on any atom is 0.311 e. The van der Waals surface area contributed by atoms with E-state index in [9.17, 15) is 9.90 Å². The van der Waals surface area contributed by atoms with Gasteiger partial charge in [0.05, 0.1) is 5.92 Å². The average Bonchev–Trinajstić information content (AvgIpc) is 2.75. The van der Waals surface area contributed by atoms with Crippen LogP contribution in [-0.4, -0.2) is 11.1 Å². The van der Waals surface area contributed by atoms with E-state index in [0.717, 1.165) is 18.4 Å². The van der Waals surface area contributed by atoms with Crippen molar-refractivity contribution in [3.63, 3.8) is 0 Å². The first-order valence-electron chi connectivity index (χ1n) is 5.04. The molecule has 1 heterocycles. The smallest absolute Gasteiger partial charge is 0.311 e. The van der Waals surface area contributed by atoms with Crippen molar-refractivity contribution < 1.29 is 9.90 Å². The number of thiophene rings is 1. The molecule has 0 spiro atoms. The van der Waals surface area contributed by atoms with E-state index >= 15 is 0 Å². The second kappa shape index (κ2) is 4.13. The molecule has 0 aliphatic heterocycles. The van der Waals surface area contributed by atoms with Gasteiger partial charge in [0.15, 0.2) is 0 Å². The Morgan fingerprint density at radius 3 is 2.71 bits per heavy atom. The van der Waals surface area contributed by atoms with Gasteiger partial charge in [-0.3, -0.25) is 4.79 Å². The topological polar surface area (TPSA) is 37.3 Å². The zero-order chi connectivity index (χ0) is 9.97. The highest BCUT2D eigenvalue weighted by Crippen LogP contribution is 2.38. The fourth-order valence-electron chi connectivity index (χ4n) is 2.36. The van der Waals surface area contributed by atoms with Crippen LogP contribution in [0.2, 0.25) is 0 Å². The molecule has 0 bridgehead atoms. The van der Waals surface area contributed by atoms with E-state index in [-0.39, 0.29) is 5.92 Å². The zero-order valence-corrected chi connectivity index (χ0v) is 8.80. The molecule has 0 unspecified atom stereocenters. The molecule has 2 rings (SSSR count). The zero-order valence-electron chi connectivity index (χ0n) is 7.98. The van der Waals surface area contributed by atoms with E-state index in [0.29, 0.717) is 5.92 Å². The molecule has 1 aromatic rings. The molecular weight excluding hydrogens is 196 g/mol. The van der Waals surface area contributed by atoms with E-state index in [1.165, 1.54) is 12.8 Å². The monoisotopic (exact) mass is 210 g/mol. The van der Waals surface area contributed by atoms with Crippen LogP contribution in [-0.2, 0) is 4.79 Å². The SMILES string of the molecule is O=C(O)[C@@H](c1ccsc1)C1CCCC1. The molecular formula is C11H14O2S. The van der Waals surface area contributed by atoms with E-state index < -0.39 is 5.97 Å². The van der Waals surface area contributed by atoms with Crippen LogP contribution < -0.4 is 0 Å². The van der Waals surface area contributed by atoms with Crippen molar-refractivity contribution >= 4 is 17.3 Å². The standard InChI is InChI=1S/C11H14O2S/c12-11(13)10(8-3-1-2-4-8)9-5-6-14-7-9/h5-8,10H,1-4H2,(H,12,13)/t10-/m1/s1. The number of hydrogen-bond acceptors (Lipinski definition) is 2. The van der Waals surface area contributed by atoms with Gasteiger partial charge in [-0.2, -0.15) is 11.3 Å². The highest BCUT2D eigenvalue weighted by atomic mass is 32.1. The van der Waals surface area contributed by atoms with E-state index in [1.807, 2.05) is 16.8 Å². The Balaban J connectivity index is 2.19. The summed E-state index contributed by atoms with van der Waals surface area (Å²) in [6.45, 7) is 0. The molecule has 14 heavy (non-hydrogen) atoms. The van der Waals surface area contributed by atoms with Crippen molar-refractivity contribution in [3.05, 3.63) is 22.4 Å². The molecule has 1 atom stereocenters. The van der Waals surface area contributed by atoms with E-state index in [1.54, 1.807) is 11.3 Å². The molecule has 0 saturated heterocycles. The normalized spacial score (nSPS) is 19.7. The van der Waals surface area contributed by atoms with Crippen molar-refractivity contribution in [1.82, 2.24) is 0 Å². The van der Waals surface area contributed by atoms with Gasteiger partial charge in [-0.1, -0.05) is 12.8 Å². The van der Waals surface area contributed by atoms with Crippen LogP contribution in [0.25, 0.3) is 0 Å². The number of hydrogen-bond donors (Lipinski definition) is 1. The van der Waals surface area contributed by atoms with Crippen LogP contribution in [0, 0.1) is 5.92 Å². The van der Waals surface area contributed by atoms with Crippen LogP contribution in [0.1, 0.15) is 37.2 Å². The molecule has 76 valence electrons. The van der Waals surface area contributed by atoms with Gasteiger partial charge in [0.2, 0.25) is 0 Å². The summed E-state index contributed by atoms with van der Waals surface area (Å²) in [4.78, 5) is 11.2. The number of aliphatic carboxylic acids is 1. The van der Waals surface area contributed by atoms with Gasteiger partial charge in [0.1, 0.15) is 0 Å². The molecule has 2 nitrogen and oxygen atoms in total. The lowest BCUT2D eigenvalue weighted by Gasteiger charge is -2.17. The Morgan fingerprint density at radius 2 is 2.21 bits per heavy atom. The fourth-order valence-corrected chi connectivity index (χ4v) is 3.06. The largest absolute Gasteiger partial charge is 0.481 e. The van der Waals surface area contributed by atoms with Gasteiger partial charge in [-0.05, 0) is 41.1 Å². The lowest BCUT2D eigenvalue weighted by atomic mass is 9.86. The Morgan fingerprint density at radius 1 is 1.50 bits per heavy atom. The van der Waals surface area contributed by atoms with E-state index in [2.05, 4.69) is 0 Å². The predicted octanol–water partition coefficient (Wildman–Crippen LogP) is 3.11. The summed E-state index contributed by atoms with van der Waals surface area (Å²) in [6.07, 6.45) is 4.54. The van der Waals surface area contributed by atoms with Gasteiger partial charge in [-0.15, -0.1) is 0 Å². The van der Waals surface area contributed by atoms with Gasteiger partial charge < -0.3 is 5.11 Å². The Hall–Kier alpha value is -0.830. The van der Waals surface area contributed by atoms with Crippen LogP contribution >= 0.6 is 11.3 Å². The third-order valence-electron chi connectivity index (χ3n) is 3.04. The van der Waals surface area contributed by atoms with Crippen LogP contribution in [0.15, 0.2) is 16.8 Å². The molecule has 1 N–H and O–H groups in total. The average molecular weight is 210 g/mol. The van der Waals surface area contributed by atoms with Gasteiger partial charge >= 0.3 is 5.97 Å². The Bertz CT molecular complexity index is 299. The number of carboxylic acid groups (broad SMARTS) is 1. The maximum absolute atomic E-state index is 11.2. The summed E-state index contributed by atoms with van der Waals surface area (Å²) in [5.74, 6) is -0.554. The molecule has 1 fully saturated rings. The predicted molar refractivity (Wildman–Crippen MR) is 56.7 cm³/mol. The summed E-state index contributed by atoms with van der Waals surface area (Å²) in [5.41, 5.74) is 0.995. The summed E-state index contributed by atoms with van der Waals surface area (Å²) >= 11 is 1.58. The lowest BCUT2D eigenvalue weighted by Crippen LogP contribution is -2.18. The second-order valence-electron chi connectivity index (χ2n) is 3.92. The van der Waals surface area contributed by atoms with Gasteiger partial charge in [-0.25, -0.2) is 0 Å². The van der Waals surface area contributed by atoms with Gasteiger partial charge in [0, 0.05) is 0 Å². The summed E-state index contributed by atoms with van der Waals surface area (Å²) < 4.78 is 0. The fraction of sp³-hybridized carbons (Fsp3) is 0.545. The van der Waals surface area contributed by atoms with Crippen molar-refractivity contribution in [2.45, 2.75) is 31.6 Å². The third kappa shape index (κ3) is 1.82. The maximum atomic E-state index is 11.2. The van der Waals surface area contributed by atoms with Crippen LogP contribution in [0.5, 0.6) is 0 Å². The van der Waals surface area contributed by atoms with Crippen molar-refractivity contribution in [2.75, 3.05) is 0 Å². The summed E-state index contributed by atoms with van der Waals surface area (Å²) in [5, 5.41) is 13.1. The van der Waals surface area contributed by atoms with E-state index in [4.69, 9.17) is 0 Å². The molecule has 1 aromatic heterocycles. The molecule has 1 saturated carbocycles. The number of rotatable bonds is 3. The first kappa shape index (κ1) is 9.71. The second-order valence-corrected chi connectivity index (χ2v) is 4.70. The molecule has 1 aliphatic carbocycles. The Kier molecular flexibility index (Phi) is 2.87. The number of carbonyl (C=O) groups is 1. The minimum absolute atomic E-state index is 0.260. The van der Waals surface area contributed by atoms with Crippen molar-refractivity contribution in [1.29, 1.82) is 0 Å². The molecule has 0 radical (unpaired) electrons. The van der Waals surface area contributed by atoms with Crippen molar-refractivity contribution in [3.8, 4) is 0 Å². The molecule has 0 amide bonds. The molecule has 1 aliphatic rings. The van der Waals surface area contributed by atoms with Gasteiger partial charge in [0.25, 0.3) is 0 Å². The minimum Gasteiger partial charge on any atom is -0.481 e. The Labute approximate surface area is 87.6 Å². The molecule has 3 heteroatoms. The highest BCUT2D eigenvalue weighted by Gasteiger charge is 2.31. The van der Waals surface area contributed by atoms with Crippen molar-refractivity contribution in [2.24, 2.45) is 5.92 Å².